The molecular weight excluding hydrogens is 352 g/mol. The average molecular weight is 374 g/mol. The predicted molar refractivity (Wildman–Crippen MR) is 100.0 cm³/mol. The van der Waals surface area contributed by atoms with Crippen LogP contribution in [-0.4, -0.2) is 60.3 Å². The van der Waals surface area contributed by atoms with Gasteiger partial charge in [-0.25, -0.2) is 13.4 Å². The van der Waals surface area contributed by atoms with Gasteiger partial charge in [-0.2, -0.15) is 0 Å². The van der Waals surface area contributed by atoms with Crippen molar-refractivity contribution < 1.29 is 13.2 Å². The molecule has 0 aliphatic carbocycles. The molecule has 2 aromatic heterocycles. The van der Waals surface area contributed by atoms with Gasteiger partial charge in [-0.05, 0) is 37.1 Å². The van der Waals surface area contributed by atoms with Crippen molar-refractivity contribution in [3.8, 4) is 0 Å². The lowest BCUT2D eigenvalue weighted by Gasteiger charge is -2.26. The second-order valence-electron chi connectivity index (χ2n) is 6.36. The van der Waals surface area contributed by atoms with Gasteiger partial charge in [-0.1, -0.05) is 6.07 Å². The van der Waals surface area contributed by atoms with E-state index in [1.54, 1.807) is 17.0 Å². The zero-order chi connectivity index (χ0) is 18.6. The number of amides is 1. The van der Waals surface area contributed by atoms with Crippen LogP contribution in [0.4, 0.5) is 5.82 Å². The van der Waals surface area contributed by atoms with Crippen molar-refractivity contribution in [2.24, 2.45) is 0 Å². The number of aromatic nitrogens is 2. The van der Waals surface area contributed by atoms with Gasteiger partial charge >= 0.3 is 0 Å². The van der Waals surface area contributed by atoms with E-state index in [9.17, 15) is 13.2 Å². The van der Waals surface area contributed by atoms with Crippen LogP contribution in [0.15, 0.2) is 36.7 Å². The van der Waals surface area contributed by atoms with E-state index in [0.29, 0.717) is 11.4 Å². The first-order chi connectivity index (χ1) is 12.4. The van der Waals surface area contributed by atoms with Crippen LogP contribution in [0.25, 0.3) is 0 Å². The highest BCUT2D eigenvalue weighted by atomic mass is 32.2. The number of nitrogens with one attached hydrogen (secondary N) is 1. The fourth-order valence-electron chi connectivity index (χ4n) is 2.70. The first-order valence-electron chi connectivity index (χ1n) is 8.54. The topological polar surface area (TPSA) is 92.3 Å². The number of nitrogens with zero attached hydrogens (tertiary/aromatic N) is 3. The molecule has 0 unspecified atom stereocenters. The summed E-state index contributed by atoms with van der Waals surface area (Å²) in [6.07, 6.45) is 4.23. The summed E-state index contributed by atoms with van der Waals surface area (Å²) in [4.78, 5) is 22.5. The zero-order valence-corrected chi connectivity index (χ0v) is 15.5. The maximum Gasteiger partial charge on any atom is 0.255 e. The number of aryl methyl sites for hydroxylation is 1. The van der Waals surface area contributed by atoms with E-state index < -0.39 is 9.84 Å². The van der Waals surface area contributed by atoms with E-state index in [0.717, 1.165) is 24.2 Å². The maximum atomic E-state index is 12.4. The van der Waals surface area contributed by atoms with E-state index >= 15 is 0 Å². The minimum Gasteiger partial charge on any atom is -0.370 e. The van der Waals surface area contributed by atoms with Crippen LogP contribution >= 0.6 is 0 Å². The number of pyridine rings is 2. The van der Waals surface area contributed by atoms with Gasteiger partial charge in [0.2, 0.25) is 0 Å². The molecule has 7 nitrogen and oxygen atoms in total. The summed E-state index contributed by atoms with van der Waals surface area (Å²) in [5.41, 5.74) is 2.61. The van der Waals surface area contributed by atoms with Crippen molar-refractivity contribution in [3.05, 3.63) is 53.5 Å². The van der Waals surface area contributed by atoms with E-state index in [2.05, 4.69) is 21.4 Å². The summed E-state index contributed by atoms with van der Waals surface area (Å²) in [7, 11) is -3.00. The van der Waals surface area contributed by atoms with Gasteiger partial charge in [-0.3, -0.25) is 9.78 Å². The molecule has 1 amide bonds. The third-order valence-electron chi connectivity index (χ3n) is 4.33. The molecule has 3 rings (SSSR count). The van der Waals surface area contributed by atoms with Gasteiger partial charge in [0.1, 0.15) is 5.82 Å². The molecule has 0 radical (unpaired) electrons. The Morgan fingerprint density at radius 1 is 1.12 bits per heavy atom. The Hall–Kier alpha value is -2.48. The van der Waals surface area contributed by atoms with Gasteiger partial charge in [0.15, 0.2) is 9.84 Å². The van der Waals surface area contributed by atoms with Crippen LogP contribution < -0.4 is 5.32 Å². The number of rotatable bonds is 5. The lowest BCUT2D eigenvalue weighted by molar-refractivity contribution is 0.0770. The fraction of sp³-hybridized carbons (Fsp3) is 0.389. The number of sulfone groups is 1. The van der Waals surface area contributed by atoms with E-state index in [-0.39, 0.29) is 30.5 Å². The number of anilines is 1. The molecule has 2 aromatic rings. The van der Waals surface area contributed by atoms with E-state index in [4.69, 9.17) is 0 Å². The smallest absolute Gasteiger partial charge is 0.255 e. The Balaban J connectivity index is 1.51. The number of carbonyl (C=O) groups excluding carboxylic acids is 1. The van der Waals surface area contributed by atoms with Crippen molar-refractivity contribution >= 4 is 21.6 Å². The Bertz CT molecular complexity index is 850. The molecule has 1 N–H and O–H groups in total. The molecule has 138 valence electrons. The monoisotopic (exact) mass is 374 g/mol. The van der Waals surface area contributed by atoms with Gasteiger partial charge in [0, 0.05) is 37.7 Å². The van der Waals surface area contributed by atoms with Crippen LogP contribution in [0.3, 0.4) is 0 Å². The molecule has 26 heavy (non-hydrogen) atoms. The largest absolute Gasteiger partial charge is 0.370 e. The fourth-order valence-corrected chi connectivity index (χ4v) is 3.91. The number of hydrogen-bond donors (Lipinski definition) is 1. The van der Waals surface area contributed by atoms with Gasteiger partial charge in [0.25, 0.3) is 5.91 Å². The summed E-state index contributed by atoms with van der Waals surface area (Å²) in [6.45, 7) is 3.16. The second kappa shape index (κ2) is 7.82. The first kappa shape index (κ1) is 18.3. The van der Waals surface area contributed by atoms with Crippen molar-refractivity contribution in [2.45, 2.75) is 13.3 Å². The number of carbonyl (C=O) groups is 1. The quantitative estimate of drug-likeness (QED) is 0.848. The van der Waals surface area contributed by atoms with Crippen molar-refractivity contribution in [1.82, 2.24) is 14.9 Å². The average Bonchev–Trinajstić information content (AvgIpc) is 2.63. The summed E-state index contributed by atoms with van der Waals surface area (Å²) in [6, 6.07) is 7.52. The van der Waals surface area contributed by atoms with Crippen LogP contribution in [-0.2, 0) is 16.3 Å². The Morgan fingerprint density at radius 3 is 2.50 bits per heavy atom. The zero-order valence-electron chi connectivity index (χ0n) is 14.7. The molecular formula is C18H22N4O3S. The minimum absolute atomic E-state index is 0.0275. The molecule has 0 bridgehead atoms. The lowest BCUT2D eigenvalue weighted by Crippen LogP contribution is -2.43. The summed E-state index contributed by atoms with van der Waals surface area (Å²) in [5.74, 6) is 0.576. The molecule has 0 spiro atoms. The highest BCUT2D eigenvalue weighted by molar-refractivity contribution is 7.91. The molecule has 3 heterocycles. The molecule has 1 saturated heterocycles. The van der Waals surface area contributed by atoms with Gasteiger partial charge in [-0.15, -0.1) is 0 Å². The third kappa shape index (κ3) is 4.78. The van der Waals surface area contributed by atoms with Crippen molar-refractivity contribution in [2.75, 3.05) is 36.5 Å². The van der Waals surface area contributed by atoms with Crippen LogP contribution in [0.1, 0.15) is 21.6 Å². The summed E-state index contributed by atoms with van der Waals surface area (Å²) in [5, 5.41) is 3.22. The van der Waals surface area contributed by atoms with Crippen molar-refractivity contribution in [3.63, 3.8) is 0 Å². The third-order valence-corrected chi connectivity index (χ3v) is 5.94. The second-order valence-corrected chi connectivity index (χ2v) is 8.66. The summed E-state index contributed by atoms with van der Waals surface area (Å²) >= 11 is 0. The Kier molecular flexibility index (Phi) is 5.51. The van der Waals surface area contributed by atoms with Crippen molar-refractivity contribution in [1.29, 1.82) is 0 Å². The van der Waals surface area contributed by atoms with Gasteiger partial charge in [0.05, 0.1) is 17.1 Å². The molecule has 1 aliphatic heterocycles. The molecule has 1 fully saturated rings. The molecule has 8 heteroatoms. The lowest BCUT2D eigenvalue weighted by atomic mass is 10.2. The Labute approximate surface area is 153 Å². The predicted octanol–water partition coefficient (Wildman–Crippen LogP) is 1.31. The highest BCUT2D eigenvalue weighted by Gasteiger charge is 2.25. The minimum atomic E-state index is -3.00. The number of hydrogen-bond acceptors (Lipinski definition) is 6. The van der Waals surface area contributed by atoms with Crippen LogP contribution in [0, 0.1) is 6.92 Å². The molecule has 0 atom stereocenters. The first-order valence-corrected chi connectivity index (χ1v) is 10.4. The Morgan fingerprint density at radius 2 is 1.88 bits per heavy atom. The van der Waals surface area contributed by atoms with E-state index in [1.165, 1.54) is 6.20 Å². The van der Waals surface area contributed by atoms with Gasteiger partial charge < -0.3 is 10.2 Å². The summed E-state index contributed by atoms with van der Waals surface area (Å²) < 4.78 is 22.9. The normalized spacial score (nSPS) is 16.3. The van der Waals surface area contributed by atoms with Crippen LogP contribution in [0.5, 0.6) is 0 Å². The molecule has 0 aromatic carbocycles. The highest BCUT2D eigenvalue weighted by Crippen LogP contribution is 2.11. The molecule has 0 saturated carbocycles. The van der Waals surface area contributed by atoms with E-state index in [1.807, 2.05) is 19.2 Å². The molecule has 1 aliphatic rings. The maximum absolute atomic E-state index is 12.4. The standard InChI is InChI=1S/C18H22N4O3S/c1-14-2-3-15(12-20-14)6-7-19-17-5-4-16(13-21-17)18(23)22-8-10-26(24,25)11-9-22/h2-5,12-13H,6-11H2,1H3,(H,19,21). The van der Waals surface area contributed by atoms with Crippen LogP contribution in [0.2, 0.25) is 0 Å². The SMILES string of the molecule is Cc1ccc(CCNc2ccc(C(=O)N3CCS(=O)(=O)CC3)cn2)cn1.